The van der Waals surface area contributed by atoms with Crippen molar-refractivity contribution in [2.75, 3.05) is 11.9 Å². The van der Waals surface area contributed by atoms with Crippen LogP contribution < -0.4 is 5.32 Å². The van der Waals surface area contributed by atoms with Crippen LogP contribution in [0, 0.1) is 5.92 Å². The predicted molar refractivity (Wildman–Crippen MR) is 92.9 cm³/mol. The van der Waals surface area contributed by atoms with Crippen LogP contribution in [0.3, 0.4) is 0 Å². The monoisotopic (exact) mass is 353 g/mol. The van der Waals surface area contributed by atoms with Crippen LogP contribution in [0.1, 0.15) is 76.7 Å². The lowest BCUT2D eigenvalue weighted by atomic mass is 9.80. The van der Waals surface area contributed by atoms with E-state index in [4.69, 9.17) is 9.97 Å². The van der Waals surface area contributed by atoms with Gasteiger partial charge in [-0.1, -0.05) is 27.2 Å². The molecule has 1 aliphatic rings. The van der Waals surface area contributed by atoms with Crippen molar-refractivity contribution in [2.45, 2.75) is 71.6 Å². The second-order valence-electron chi connectivity index (χ2n) is 6.10. The third-order valence-corrected chi connectivity index (χ3v) is 5.44. The van der Waals surface area contributed by atoms with Crippen LogP contribution in [0.5, 0.6) is 0 Å². The highest BCUT2D eigenvalue weighted by Crippen LogP contribution is 2.37. The Bertz CT molecular complexity index is 454. The molecule has 2 rings (SSSR count). The fourth-order valence-corrected chi connectivity index (χ4v) is 3.72. The average molecular weight is 354 g/mol. The van der Waals surface area contributed by atoms with Gasteiger partial charge in [-0.25, -0.2) is 9.97 Å². The standard InChI is InChI=1S/C17H28BrN3/c1-4-11-19-17-15(18)14(6-3)20-16(21-17)13-9-7-12(5-2)8-10-13/h12-13H,4-11H2,1-3H3,(H,19,20,21). The summed E-state index contributed by atoms with van der Waals surface area (Å²) in [6, 6.07) is 0. The molecule has 0 atom stereocenters. The number of hydrogen-bond acceptors (Lipinski definition) is 3. The molecule has 3 nitrogen and oxygen atoms in total. The summed E-state index contributed by atoms with van der Waals surface area (Å²) in [5.41, 5.74) is 1.14. The van der Waals surface area contributed by atoms with Crippen molar-refractivity contribution in [3.8, 4) is 0 Å². The molecule has 0 aliphatic heterocycles. The number of nitrogens with zero attached hydrogens (tertiary/aromatic N) is 2. The quantitative estimate of drug-likeness (QED) is 0.753. The number of anilines is 1. The highest BCUT2D eigenvalue weighted by atomic mass is 79.9. The Kier molecular flexibility index (Phi) is 6.46. The Balaban J connectivity index is 2.19. The fourth-order valence-electron chi connectivity index (χ4n) is 3.12. The Labute approximate surface area is 137 Å². The summed E-state index contributed by atoms with van der Waals surface area (Å²) in [6.45, 7) is 7.61. The molecule has 0 bridgehead atoms. The summed E-state index contributed by atoms with van der Waals surface area (Å²) < 4.78 is 1.05. The molecule has 1 saturated carbocycles. The second kappa shape index (κ2) is 8.11. The Morgan fingerprint density at radius 2 is 1.81 bits per heavy atom. The van der Waals surface area contributed by atoms with Crippen molar-refractivity contribution < 1.29 is 0 Å². The van der Waals surface area contributed by atoms with Gasteiger partial charge in [0.2, 0.25) is 0 Å². The highest BCUT2D eigenvalue weighted by Gasteiger charge is 2.24. The molecular weight excluding hydrogens is 326 g/mol. The van der Waals surface area contributed by atoms with E-state index < -0.39 is 0 Å². The number of aromatic nitrogens is 2. The van der Waals surface area contributed by atoms with Crippen molar-refractivity contribution >= 4 is 21.7 Å². The lowest BCUT2D eigenvalue weighted by molar-refractivity contribution is 0.312. The van der Waals surface area contributed by atoms with Gasteiger partial charge in [0.1, 0.15) is 11.6 Å². The second-order valence-corrected chi connectivity index (χ2v) is 6.89. The summed E-state index contributed by atoms with van der Waals surface area (Å²) in [5.74, 6) is 3.51. The van der Waals surface area contributed by atoms with Gasteiger partial charge < -0.3 is 5.32 Å². The van der Waals surface area contributed by atoms with Crippen LogP contribution in [0.2, 0.25) is 0 Å². The van der Waals surface area contributed by atoms with Gasteiger partial charge in [-0.05, 0) is 60.4 Å². The number of nitrogens with one attached hydrogen (secondary N) is 1. The minimum atomic E-state index is 0.549. The average Bonchev–Trinajstić information content (AvgIpc) is 2.54. The number of halogens is 1. The molecule has 0 spiro atoms. The predicted octanol–water partition coefficient (Wildman–Crippen LogP) is 5.31. The number of aryl methyl sites for hydroxylation is 1. The van der Waals surface area contributed by atoms with E-state index in [2.05, 4.69) is 42.0 Å². The SMILES string of the molecule is CCCNc1nc(C2CCC(CC)CC2)nc(CC)c1Br. The maximum Gasteiger partial charge on any atom is 0.144 e. The molecule has 118 valence electrons. The molecule has 1 fully saturated rings. The normalized spacial score (nSPS) is 22.3. The highest BCUT2D eigenvalue weighted by molar-refractivity contribution is 9.10. The van der Waals surface area contributed by atoms with E-state index in [-0.39, 0.29) is 0 Å². The lowest BCUT2D eigenvalue weighted by Gasteiger charge is -2.27. The summed E-state index contributed by atoms with van der Waals surface area (Å²) in [6.07, 6.45) is 8.53. The van der Waals surface area contributed by atoms with Crippen LogP contribution in [0.15, 0.2) is 4.47 Å². The van der Waals surface area contributed by atoms with Gasteiger partial charge in [-0.2, -0.15) is 0 Å². The zero-order chi connectivity index (χ0) is 15.2. The molecule has 0 aromatic carbocycles. The fraction of sp³-hybridized carbons (Fsp3) is 0.765. The van der Waals surface area contributed by atoms with Crippen LogP contribution in [0.4, 0.5) is 5.82 Å². The molecule has 1 aliphatic carbocycles. The zero-order valence-corrected chi connectivity index (χ0v) is 15.2. The zero-order valence-electron chi connectivity index (χ0n) is 13.6. The van der Waals surface area contributed by atoms with Crippen molar-refractivity contribution in [1.82, 2.24) is 9.97 Å². The van der Waals surface area contributed by atoms with E-state index in [0.717, 1.165) is 47.1 Å². The first kappa shape index (κ1) is 16.7. The molecule has 1 N–H and O–H groups in total. The van der Waals surface area contributed by atoms with Crippen molar-refractivity contribution in [3.05, 3.63) is 16.0 Å². The van der Waals surface area contributed by atoms with Crippen molar-refractivity contribution in [3.63, 3.8) is 0 Å². The maximum absolute atomic E-state index is 4.84. The third kappa shape index (κ3) is 4.18. The van der Waals surface area contributed by atoms with Crippen molar-refractivity contribution in [2.24, 2.45) is 5.92 Å². The first-order valence-corrected chi connectivity index (χ1v) is 9.28. The number of rotatable bonds is 6. The van der Waals surface area contributed by atoms with Gasteiger partial charge in [0, 0.05) is 12.5 Å². The minimum absolute atomic E-state index is 0.549. The summed E-state index contributed by atoms with van der Waals surface area (Å²) in [5, 5.41) is 3.44. The molecule has 1 aromatic rings. The van der Waals surface area contributed by atoms with Gasteiger partial charge in [0.25, 0.3) is 0 Å². The number of hydrogen-bond donors (Lipinski definition) is 1. The summed E-state index contributed by atoms with van der Waals surface area (Å²) in [7, 11) is 0. The van der Waals surface area contributed by atoms with Crippen LogP contribution in [0.25, 0.3) is 0 Å². The summed E-state index contributed by atoms with van der Waals surface area (Å²) in [4.78, 5) is 9.66. The third-order valence-electron chi connectivity index (χ3n) is 4.60. The van der Waals surface area contributed by atoms with Crippen LogP contribution >= 0.6 is 15.9 Å². The van der Waals surface area contributed by atoms with Gasteiger partial charge in [0.15, 0.2) is 0 Å². The molecular formula is C17H28BrN3. The Hall–Kier alpha value is -0.640. The topological polar surface area (TPSA) is 37.8 Å². The molecule has 1 heterocycles. The van der Waals surface area contributed by atoms with E-state index in [9.17, 15) is 0 Å². The largest absolute Gasteiger partial charge is 0.369 e. The van der Waals surface area contributed by atoms with E-state index in [1.165, 1.54) is 32.1 Å². The van der Waals surface area contributed by atoms with E-state index in [1.807, 2.05) is 0 Å². The molecule has 1 aromatic heterocycles. The van der Waals surface area contributed by atoms with Gasteiger partial charge >= 0.3 is 0 Å². The molecule has 0 amide bonds. The van der Waals surface area contributed by atoms with Gasteiger partial charge in [-0.3, -0.25) is 0 Å². The molecule has 0 unspecified atom stereocenters. The van der Waals surface area contributed by atoms with Crippen LogP contribution in [-0.4, -0.2) is 16.5 Å². The Morgan fingerprint density at radius 3 is 2.38 bits per heavy atom. The van der Waals surface area contributed by atoms with Crippen LogP contribution in [-0.2, 0) is 6.42 Å². The molecule has 0 saturated heterocycles. The van der Waals surface area contributed by atoms with E-state index in [1.54, 1.807) is 0 Å². The minimum Gasteiger partial charge on any atom is -0.369 e. The summed E-state index contributed by atoms with van der Waals surface area (Å²) >= 11 is 3.66. The van der Waals surface area contributed by atoms with Gasteiger partial charge in [-0.15, -0.1) is 0 Å². The Morgan fingerprint density at radius 1 is 1.10 bits per heavy atom. The van der Waals surface area contributed by atoms with Crippen molar-refractivity contribution in [1.29, 1.82) is 0 Å². The first-order chi connectivity index (χ1) is 10.2. The van der Waals surface area contributed by atoms with E-state index >= 15 is 0 Å². The molecule has 4 heteroatoms. The first-order valence-electron chi connectivity index (χ1n) is 8.49. The molecule has 0 radical (unpaired) electrons. The maximum atomic E-state index is 4.84. The smallest absolute Gasteiger partial charge is 0.144 e. The lowest BCUT2D eigenvalue weighted by Crippen LogP contribution is -2.17. The molecule has 21 heavy (non-hydrogen) atoms. The van der Waals surface area contributed by atoms with E-state index in [0.29, 0.717) is 5.92 Å². The van der Waals surface area contributed by atoms with Gasteiger partial charge in [0.05, 0.1) is 10.2 Å².